The number of benzene rings is 1. The van der Waals surface area contributed by atoms with Gasteiger partial charge in [0.2, 0.25) is 0 Å². The van der Waals surface area contributed by atoms with E-state index >= 15 is 0 Å². The van der Waals surface area contributed by atoms with Crippen molar-refractivity contribution in [2.45, 2.75) is 39.2 Å². The van der Waals surface area contributed by atoms with Crippen LogP contribution in [-0.4, -0.2) is 23.1 Å². The number of hydrogen-bond donors (Lipinski definition) is 3. The molecule has 0 heterocycles. The second-order valence-electron chi connectivity index (χ2n) is 5.73. The summed E-state index contributed by atoms with van der Waals surface area (Å²) in [7, 11) is 0. The Hall–Kier alpha value is -2.11. The van der Waals surface area contributed by atoms with Gasteiger partial charge in [-0.15, -0.1) is 0 Å². The lowest BCUT2D eigenvalue weighted by atomic mass is 9.85. The highest BCUT2D eigenvalue weighted by molar-refractivity contribution is 5.90. The van der Waals surface area contributed by atoms with Crippen molar-refractivity contribution < 1.29 is 19.1 Å². The van der Waals surface area contributed by atoms with Crippen LogP contribution in [0.25, 0.3) is 0 Å². The maximum absolute atomic E-state index is 13.2. The van der Waals surface area contributed by atoms with Crippen molar-refractivity contribution in [3.8, 4) is 0 Å². The van der Waals surface area contributed by atoms with Crippen LogP contribution in [0.3, 0.4) is 0 Å². The average Bonchev–Trinajstić information content (AvgIpc) is 2.77. The normalized spacial score (nSPS) is 24.6. The van der Waals surface area contributed by atoms with E-state index in [1.165, 1.54) is 18.2 Å². The first-order valence-corrected chi connectivity index (χ1v) is 6.90. The summed E-state index contributed by atoms with van der Waals surface area (Å²) in [6, 6.07) is 3.39. The summed E-state index contributed by atoms with van der Waals surface area (Å²) in [5.74, 6) is -1.24. The van der Waals surface area contributed by atoms with Crippen molar-refractivity contribution in [1.29, 1.82) is 0 Å². The first kappa shape index (κ1) is 15.3. The van der Waals surface area contributed by atoms with E-state index in [-0.39, 0.29) is 5.82 Å². The molecule has 114 valence electrons. The van der Waals surface area contributed by atoms with Crippen molar-refractivity contribution in [3.63, 3.8) is 0 Å². The number of hydrogen-bond acceptors (Lipinski definition) is 2. The van der Waals surface area contributed by atoms with Gasteiger partial charge in [-0.2, -0.15) is 0 Å². The topological polar surface area (TPSA) is 78.4 Å². The monoisotopic (exact) mass is 294 g/mol. The lowest BCUT2D eigenvalue weighted by Gasteiger charge is -2.27. The first-order valence-electron chi connectivity index (χ1n) is 6.90. The van der Waals surface area contributed by atoms with Gasteiger partial charge in [0.15, 0.2) is 0 Å². The molecule has 1 saturated carbocycles. The molecule has 0 spiro atoms. The molecule has 0 radical (unpaired) electrons. The minimum Gasteiger partial charge on any atom is -0.481 e. The third-order valence-corrected chi connectivity index (χ3v) is 4.17. The van der Waals surface area contributed by atoms with Crippen LogP contribution in [0, 0.1) is 18.2 Å². The van der Waals surface area contributed by atoms with Crippen molar-refractivity contribution in [3.05, 3.63) is 29.6 Å². The Labute approximate surface area is 122 Å². The van der Waals surface area contributed by atoms with Gasteiger partial charge in [0, 0.05) is 11.7 Å². The summed E-state index contributed by atoms with van der Waals surface area (Å²) in [4.78, 5) is 23.3. The summed E-state index contributed by atoms with van der Waals surface area (Å²) in [5, 5.41) is 14.6. The Bertz CT molecular complexity index is 576. The molecule has 1 aromatic rings. The molecule has 1 aromatic carbocycles. The number of carboxylic acids is 1. The third kappa shape index (κ3) is 3.15. The number of anilines is 1. The molecule has 21 heavy (non-hydrogen) atoms. The molecule has 2 amide bonds. The Morgan fingerprint density at radius 1 is 1.43 bits per heavy atom. The second-order valence-corrected chi connectivity index (χ2v) is 5.73. The molecule has 1 fully saturated rings. The minimum atomic E-state index is -0.934. The van der Waals surface area contributed by atoms with Gasteiger partial charge >= 0.3 is 12.0 Å². The second kappa shape index (κ2) is 5.71. The lowest BCUT2D eigenvalue weighted by molar-refractivity contribution is -0.148. The quantitative estimate of drug-likeness (QED) is 0.802. The van der Waals surface area contributed by atoms with Crippen molar-refractivity contribution in [1.82, 2.24) is 5.32 Å². The van der Waals surface area contributed by atoms with E-state index in [1.807, 2.05) is 0 Å². The van der Waals surface area contributed by atoms with Gasteiger partial charge in [-0.3, -0.25) is 4.79 Å². The predicted molar refractivity (Wildman–Crippen MR) is 76.7 cm³/mol. The summed E-state index contributed by atoms with van der Waals surface area (Å²) >= 11 is 0. The van der Waals surface area contributed by atoms with Gasteiger partial charge in [-0.05, 0) is 50.5 Å². The summed E-state index contributed by atoms with van der Waals surface area (Å²) in [5.41, 5.74) is -0.0266. The molecular weight excluding hydrogens is 275 g/mol. The molecule has 2 atom stereocenters. The number of carbonyl (C=O) groups excluding carboxylic acids is 1. The van der Waals surface area contributed by atoms with Gasteiger partial charge in [0.25, 0.3) is 0 Å². The van der Waals surface area contributed by atoms with Crippen LogP contribution in [0.1, 0.15) is 31.7 Å². The van der Waals surface area contributed by atoms with Crippen molar-refractivity contribution in [2.75, 3.05) is 5.32 Å². The van der Waals surface area contributed by atoms with E-state index in [2.05, 4.69) is 10.6 Å². The van der Waals surface area contributed by atoms with Crippen LogP contribution >= 0.6 is 0 Å². The number of carboxylic acid groups (broad SMARTS) is 1. The summed E-state index contributed by atoms with van der Waals surface area (Å²) < 4.78 is 13.2. The molecule has 0 aromatic heterocycles. The molecule has 1 aliphatic rings. The summed E-state index contributed by atoms with van der Waals surface area (Å²) in [6.45, 7) is 3.26. The van der Waals surface area contributed by atoms with E-state index < -0.39 is 23.5 Å². The van der Waals surface area contributed by atoms with Gasteiger partial charge in [-0.1, -0.05) is 6.42 Å². The molecule has 1 aliphatic carbocycles. The molecule has 6 heteroatoms. The van der Waals surface area contributed by atoms with Crippen molar-refractivity contribution in [2.24, 2.45) is 5.41 Å². The zero-order valence-corrected chi connectivity index (χ0v) is 12.1. The number of urea groups is 1. The van der Waals surface area contributed by atoms with Crippen molar-refractivity contribution >= 4 is 17.7 Å². The zero-order chi connectivity index (χ0) is 15.6. The number of halogens is 1. The number of carbonyl (C=O) groups is 2. The fourth-order valence-electron chi connectivity index (χ4n) is 2.70. The molecular formula is C15H19FN2O3. The van der Waals surface area contributed by atoms with Gasteiger partial charge in [-0.25, -0.2) is 9.18 Å². The van der Waals surface area contributed by atoms with E-state index in [0.717, 1.165) is 6.42 Å². The SMILES string of the molecule is Cc1cc(NC(=O)NC2CCCC2(C)C(=O)O)ccc1F. The Kier molecular flexibility index (Phi) is 4.16. The first-order chi connectivity index (χ1) is 9.83. The number of nitrogens with one attached hydrogen (secondary N) is 2. The van der Waals surface area contributed by atoms with Gasteiger partial charge in [0.05, 0.1) is 5.41 Å². The highest BCUT2D eigenvalue weighted by atomic mass is 19.1. The standard InChI is InChI=1S/C15H19FN2O3/c1-9-8-10(5-6-11(9)16)17-14(21)18-12-4-3-7-15(12,2)13(19)20/h5-6,8,12H,3-4,7H2,1-2H3,(H,19,20)(H2,17,18,21). The van der Waals surface area contributed by atoms with Crippen LogP contribution in [0.4, 0.5) is 14.9 Å². The number of amides is 2. The number of aryl methyl sites for hydroxylation is 1. The molecule has 3 N–H and O–H groups in total. The predicted octanol–water partition coefficient (Wildman–Crippen LogP) is 2.90. The maximum atomic E-state index is 13.2. The fraction of sp³-hybridized carbons (Fsp3) is 0.467. The number of aliphatic carboxylic acids is 1. The van der Waals surface area contributed by atoms with Crippen LogP contribution in [0.15, 0.2) is 18.2 Å². The van der Waals surface area contributed by atoms with E-state index in [4.69, 9.17) is 0 Å². The van der Waals surface area contributed by atoms with Crippen LogP contribution in [-0.2, 0) is 4.79 Å². The van der Waals surface area contributed by atoms with Crippen LogP contribution in [0.2, 0.25) is 0 Å². The minimum absolute atomic E-state index is 0.338. The lowest BCUT2D eigenvalue weighted by Crippen LogP contribution is -2.48. The number of rotatable bonds is 3. The van der Waals surface area contributed by atoms with E-state index in [1.54, 1.807) is 13.8 Å². The van der Waals surface area contributed by atoms with Crippen LogP contribution in [0.5, 0.6) is 0 Å². The Balaban J connectivity index is 2.01. The molecule has 5 nitrogen and oxygen atoms in total. The summed E-state index contributed by atoms with van der Waals surface area (Å²) in [6.07, 6.45) is 1.95. The van der Waals surface area contributed by atoms with Gasteiger partial charge in [0.1, 0.15) is 5.82 Å². The largest absolute Gasteiger partial charge is 0.481 e. The zero-order valence-electron chi connectivity index (χ0n) is 12.1. The Morgan fingerprint density at radius 3 is 2.76 bits per heavy atom. The Morgan fingerprint density at radius 2 is 2.14 bits per heavy atom. The molecule has 2 unspecified atom stereocenters. The smallest absolute Gasteiger partial charge is 0.319 e. The van der Waals surface area contributed by atoms with Crippen LogP contribution < -0.4 is 10.6 Å². The molecule has 0 bridgehead atoms. The molecule has 2 rings (SSSR count). The molecule has 0 aliphatic heterocycles. The van der Waals surface area contributed by atoms with E-state index in [9.17, 15) is 19.1 Å². The maximum Gasteiger partial charge on any atom is 0.319 e. The third-order valence-electron chi connectivity index (χ3n) is 4.17. The highest BCUT2D eigenvalue weighted by Crippen LogP contribution is 2.38. The molecule has 0 saturated heterocycles. The fourth-order valence-corrected chi connectivity index (χ4v) is 2.70. The van der Waals surface area contributed by atoms with Gasteiger partial charge < -0.3 is 15.7 Å². The average molecular weight is 294 g/mol. The van der Waals surface area contributed by atoms with E-state index in [0.29, 0.717) is 24.1 Å². The highest BCUT2D eigenvalue weighted by Gasteiger charge is 2.45.